The van der Waals surface area contributed by atoms with Crippen molar-refractivity contribution in [2.24, 2.45) is 0 Å². The van der Waals surface area contributed by atoms with Crippen LogP contribution in [0, 0.1) is 0 Å². The minimum atomic E-state index is -0.323. The quantitative estimate of drug-likeness (QED) is 0.437. The minimum Gasteiger partial charge on any atom is -0.405 e. The molecule has 0 saturated carbocycles. The van der Waals surface area contributed by atoms with E-state index in [2.05, 4.69) is 72.6 Å². The molecule has 0 N–H and O–H groups in total. The zero-order valence-electron chi connectivity index (χ0n) is 15.1. The summed E-state index contributed by atoms with van der Waals surface area (Å²) in [6.45, 7) is 6.98. The molecule has 2 aromatic heterocycles. The van der Waals surface area contributed by atoms with Crippen LogP contribution < -0.4 is 5.46 Å². The lowest BCUT2D eigenvalue weighted by atomic mass is 9.75. The van der Waals surface area contributed by atoms with Gasteiger partial charge in [0.2, 0.25) is 0 Å². The summed E-state index contributed by atoms with van der Waals surface area (Å²) in [6.07, 6.45) is 4.34. The first-order valence-electron chi connectivity index (χ1n) is 8.68. The molecule has 8 heteroatoms. The number of benzene rings is 1. The van der Waals surface area contributed by atoms with Crippen LogP contribution in [0.25, 0.3) is 11.2 Å². The van der Waals surface area contributed by atoms with Crippen molar-refractivity contribution >= 4 is 36.4 Å². The molecular formula is C18H21BN4O2S. The van der Waals surface area contributed by atoms with Crippen molar-refractivity contribution in [3.63, 3.8) is 0 Å². The SMILES string of the molecule is CC1CC(C)(C)OB(c2ccc(Cn3cnc4c(S)ncnc43)cc2)O1. The zero-order chi connectivity index (χ0) is 18.3. The normalized spacial score (nSPS) is 19.8. The Bertz CT molecular complexity index is 929. The van der Waals surface area contributed by atoms with Gasteiger partial charge in [-0.15, -0.1) is 12.6 Å². The molecule has 0 bridgehead atoms. The van der Waals surface area contributed by atoms with Gasteiger partial charge in [0.25, 0.3) is 0 Å². The number of nitrogens with zero attached hydrogens (tertiary/aromatic N) is 4. The van der Waals surface area contributed by atoms with Gasteiger partial charge in [-0.25, -0.2) is 15.0 Å². The third-order valence-corrected chi connectivity index (χ3v) is 4.88. The number of rotatable bonds is 3. The predicted octanol–water partition coefficient (Wildman–Crippen LogP) is 2.46. The Labute approximate surface area is 158 Å². The Kier molecular flexibility index (Phi) is 4.50. The molecule has 1 fully saturated rings. The first-order valence-corrected chi connectivity index (χ1v) is 9.13. The van der Waals surface area contributed by atoms with Gasteiger partial charge >= 0.3 is 7.12 Å². The van der Waals surface area contributed by atoms with E-state index in [1.165, 1.54) is 6.33 Å². The van der Waals surface area contributed by atoms with Crippen LogP contribution in [-0.2, 0) is 15.9 Å². The zero-order valence-corrected chi connectivity index (χ0v) is 16.0. The Morgan fingerprint density at radius 1 is 1.23 bits per heavy atom. The first kappa shape index (κ1) is 17.5. The van der Waals surface area contributed by atoms with Crippen LogP contribution in [0.1, 0.15) is 32.8 Å². The summed E-state index contributed by atoms with van der Waals surface area (Å²) in [7, 11) is -0.323. The van der Waals surface area contributed by atoms with Gasteiger partial charge < -0.3 is 13.9 Å². The van der Waals surface area contributed by atoms with Crippen LogP contribution in [0.15, 0.2) is 41.9 Å². The molecule has 1 atom stereocenters. The van der Waals surface area contributed by atoms with E-state index in [0.717, 1.165) is 23.1 Å². The fourth-order valence-electron chi connectivity index (χ4n) is 3.42. The van der Waals surface area contributed by atoms with Gasteiger partial charge in [0.05, 0.1) is 18.5 Å². The van der Waals surface area contributed by atoms with Crippen LogP contribution in [0.2, 0.25) is 0 Å². The van der Waals surface area contributed by atoms with Gasteiger partial charge in [-0.1, -0.05) is 24.3 Å². The molecule has 0 amide bonds. The summed E-state index contributed by atoms with van der Waals surface area (Å²) in [6, 6.07) is 8.30. The molecule has 26 heavy (non-hydrogen) atoms. The van der Waals surface area contributed by atoms with Crippen molar-refractivity contribution in [2.75, 3.05) is 0 Å². The Morgan fingerprint density at radius 2 is 2.00 bits per heavy atom. The molecule has 0 spiro atoms. The highest BCUT2D eigenvalue weighted by molar-refractivity contribution is 7.80. The van der Waals surface area contributed by atoms with Gasteiger partial charge in [0, 0.05) is 6.10 Å². The van der Waals surface area contributed by atoms with Gasteiger partial charge in [-0.05, 0) is 38.2 Å². The second-order valence-electron chi connectivity index (χ2n) is 7.34. The van der Waals surface area contributed by atoms with Crippen LogP contribution >= 0.6 is 12.6 Å². The maximum Gasteiger partial charge on any atom is 0.494 e. The highest BCUT2D eigenvalue weighted by Crippen LogP contribution is 2.25. The topological polar surface area (TPSA) is 62.1 Å². The second-order valence-corrected chi connectivity index (χ2v) is 7.77. The molecule has 6 nitrogen and oxygen atoms in total. The van der Waals surface area contributed by atoms with E-state index in [1.807, 2.05) is 4.57 Å². The Morgan fingerprint density at radius 3 is 2.73 bits per heavy atom. The fraction of sp³-hybridized carbons (Fsp3) is 0.389. The largest absolute Gasteiger partial charge is 0.494 e. The molecule has 0 radical (unpaired) electrons. The summed E-state index contributed by atoms with van der Waals surface area (Å²) in [5.74, 6) is 0. The van der Waals surface area contributed by atoms with Gasteiger partial charge in [-0.2, -0.15) is 0 Å². The number of thiol groups is 1. The molecule has 1 saturated heterocycles. The van der Waals surface area contributed by atoms with E-state index in [1.54, 1.807) is 6.33 Å². The van der Waals surface area contributed by atoms with Crippen molar-refractivity contribution in [1.82, 2.24) is 19.5 Å². The van der Waals surface area contributed by atoms with Gasteiger partial charge in [0.15, 0.2) is 5.65 Å². The smallest absolute Gasteiger partial charge is 0.405 e. The lowest BCUT2D eigenvalue weighted by molar-refractivity contribution is -0.0229. The fourth-order valence-corrected chi connectivity index (χ4v) is 3.63. The summed E-state index contributed by atoms with van der Waals surface area (Å²) >= 11 is 4.33. The Balaban J connectivity index is 1.53. The molecule has 1 aliphatic rings. The second kappa shape index (κ2) is 6.68. The minimum absolute atomic E-state index is 0.177. The van der Waals surface area contributed by atoms with Gasteiger partial charge in [0.1, 0.15) is 16.9 Å². The maximum atomic E-state index is 6.08. The van der Waals surface area contributed by atoms with Crippen LogP contribution in [0.4, 0.5) is 0 Å². The van der Waals surface area contributed by atoms with E-state index in [4.69, 9.17) is 9.31 Å². The number of fused-ring (bicyclic) bond motifs is 1. The van der Waals surface area contributed by atoms with Gasteiger partial charge in [-0.3, -0.25) is 0 Å². The molecule has 0 aliphatic carbocycles. The van der Waals surface area contributed by atoms with Crippen molar-refractivity contribution < 1.29 is 9.31 Å². The van der Waals surface area contributed by atoms with E-state index in [9.17, 15) is 0 Å². The molecule has 1 unspecified atom stereocenters. The predicted molar refractivity (Wildman–Crippen MR) is 104 cm³/mol. The van der Waals surface area contributed by atoms with Crippen LogP contribution in [0.5, 0.6) is 0 Å². The summed E-state index contributed by atoms with van der Waals surface area (Å²) in [5, 5.41) is 0.590. The molecule has 1 aliphatic heterocycles. The lowest BCUT2D eigenvalue weighted by Gasteiger charge is -2.38. The van der Waals surface area contributed by atoms with Crippen molar-refractivity contribution in [3.05, 3.63) is 42.5 Å². The van der Waals surface area contributed by atoms with E-state index < -0.39 is 0 Å². The third kappa shape index (κ3) is 3.49. The highest BCUT2D eigenvalue weighted by Gasteiger charge is 2.37. The summed E-state index contributed by atoms with van der Waals surface area (Å²) < 4.78 is 14.0. The average molecular weight is 368 g/mol. The van der Waals surface area contributed by atoms with Crippen LogP contribution in [0.3, 0.4) is 0 Å². The summed E-state index contributed by atoms with van der Waals surface area (Å²) in [4.78, 5) is 12.7. The Hall–Kier alpha value is -1.90. The average Bonchev–Trinajstić information content (AvgIpc) is 2.98. The molecule has 4 rings (SSSR count). The summed E-state index contributed by atoms with van der Waals surface area (Å²) in [5.41, 5.74) is 3.50. The van der Waals surface area contributed by atoms with Crippen molar-refractivity contribution in [1.29, 1.82) is 0 Å². The molecule has 3 heterocycles. The monoisotopic (exact) mass is 368 g/mol. The highest BCUT2D eigenvalue weighted by atomic mass is 32.1. The molecule has 134 valence electrons. The standard InChI is InChI=1S/C18H21BN4O2S/c1-12-8-18(2,3)25-19(24-12)14-6-4-13(5-7-14)9-23-11-22-15-16(23)20-10-21-17(15)26/h4-7,10-12H,8-9H2,1-3H3,(H,20,21,26). The van der Waals surface area contributed by atoms with E-state index in [-0.39, 0.29) is 18.8 Å². The first-order chi connectivity index (χ1) is 12.4. The van der Waals surface area contributed by atoms with E-state index >= 15 is 0 Å². The number of aromatic nitrogens is 4. The number of imidazole rings is 1. The lowest BCUT2D eigenvalue weighted by Crippen LogP contribution is -2.51. The maximum absolute atomic E-state index is 6.08. The van der Waals surface area contributed by atoms with Crippen molar-refractivity contribution in [2.45, 2.75) is 50.5 Å². The van der Waals surface area contributed by atoms with Crippen LogP contribution in [-0.4, -0.2) is 38.3 Å². The van der Waals surface area contributed by atoms with E-state index in [0.29, 0.717) is 17.1 Å². The molecule has 3 aromatic rings. The molecular weight excluding hydrogens is 347 g/mol. The van der Waals surface area contributed by atoms with Crippen molar-refractivity contribution in [3.8, 4) is 0 Å². The number of hydrogen-bond acceptors (Lipinski definition) is 6. The third-order valence-electron chi connectivity index (χ3n) is 4.55. The molecule has 1 aromatic carbocycles. The number of hydrogen-bond donors (Lipinski definition) is 1.